The van der Waals surface area contributed by atoms with E-state index in [4.69, 9.17) is 23.2 Å². The molecule has 186 valence electrons. The standard InChI is InChI=1S/C24H31Cl2N3O4S/c1-6-21(24(31)27-7-2)28(14-18-10-11-19(25)20(26)13-18)23(30)15-29(34(5,32)33)22-12-16(3)8-9-17(22)4/h8-13,21H,6-7,14-15H2,1-5H3,(H,27,31)/t21-/m0/s1. The number of rotatable bonds is 10. The van der Waals surface area contributed by atoms with Gasteiger partial charge in [0.1, 0.15) is 12.6 Å². The van der Waals surface area contributed by atoms with Crippen molar-refractivity contribution in [2.75, 3.05) is 23.7 Å². The van der Waals surface area contributed by atoms with Gasteiger partial charge in [-0.15, -0.1) is 0 Å². The highest BCUT2D eigenvalue weighted by atomic mass is 35.5. The van der Waals surface area contributed by atoms with Crippen molar-refractivity contribution in [2.24, 2.45) is 0 Å². The van der Waals surface area contributed by atoms with Crippen LogP contribution in [0.2, 0.25) is 10.0 Å². The Morgan fingerprint density at radius 1 is 1.03 bits per heavy atom. The van der Waals surface area contributed by atoms with E-state index in [0.29, 0.717) is 34.3 Å². The molecular formula is C24H31Cl2N3O4S. The van der Waals surface area contributed by atoms with Crippen molar-refractivity contribution in [3.05, 3.63) is 63.1 Å². The lowest BCUT2D eigenvalue weighted by Crippen LogP contribution is -2.52. The number of aryl methyl sites for hydroxylation is 2. The SMILES string of the molecule is CCNC(=O)[C@H](CC)N(Cc1ccc(Cl)c(Cl)c1)C(=O)CN(c1cc(C)ccc1C)S(C)(=O)=O. The predicted molar refractivity (Wildman–Crippen MR) is 138 cm³/mol. The molecule has 0 unspecified atom stereocenters. The number of likely N-dealkylation sites (N-methyl/N-ethyl adjacent to an activating group) is 1. The molecule has 34 heavy (non-hydrogen) atoms. The van der Waals surface area contributed by atoms with Crippen LogP contribution >= 0.6 is 23.2 Å². The molecule has 2 amide bonds. The van der Waals surface area contributed by atoms with Gasteiger partial charge in [0.2, 0.25) is 21.8 Å². The van der Waals surface area contributed by atoms with Crippen LogP contribution in [-0.4, -0.2) is 50.5 Å². The van der Waals surface area contributed by atoms with Gasteiger partial charge in [0.05, 0.1) is 22.0 Å². The molecule has 1 atom stereocenters. The number of amides is 2. The molecule has 0 saturated carbocycles. The Balaban J connectivity index is 2.50. The first-order valence-corrected chi connectivity index (χ1v) is 13.6. The molecule has 2 rings (SSSR count). The number of nitrogens with one attached hydrogen (secondary N) is 1. The Kier molecular flexibility index (Phi) is 9.79. The molecule has 2 aromatic carbocycles. The van der Waals surface area contributed by atoms with E-state index in [9.17, 15) is 18.0 Å². The summed E-state index contributed by atoms with van der Waals surface area (Å²) in [4.78, 5) is 27.8. The normalized spacial score (nSPS) is 12.2. The van der Waals surface area contributed by atoms with Crippen molar-refractivity contribution in [3.63, 3.8) is 0 Å². The van der Waals surface area contributed by atoms with Crippen LogP contribution in [0.15, 0.2) is 36.4 Å². The third-order valence-corrected chi connectivity index (χ3v) is 7.25. The van der Waals surface area contributed by atoms with E-state index in [0.717, 1.165) is 21.7 Å². The summed E-state index contributed by atoms with van der Waals surface area (Å²) in [5, 5.41) is 3.46. The zero-order valence-corrected chi connectivity index (χ0v) is 22.4. The molecule has 0 aromatic heterocycles. The van der Waals surface area contributed by atoms with Crippen molar-refractivity contribution in [1.82, 2.24) is 10.2 Å². The smallest absolute Gasteiger partial charge is 0.244 e. The summed E-state index contributed by atoms with van der Waals surface area (Å²) >= 11 is 12.2. The maximum Gasteiger partial charge on any atom is 0.244 e. The molecule has 7 nitrogen and oxygen atoms in total. The van der Waals surface area contributed by atoms with Crippen LogP contribution in [0, 0.1) is 13.8 Å². The molecule has 1 N–H and O–H groups in total. The molecule has 0 saturated heterocycles. The summed E-state index contributed by atoms with van der Waals surface area (Å²) in [6.07, 6.45) is 1.41. The fraction of sp³-hybridized carbons (Fsp3) is 0.417. The predicted octanol–water partition coefficient (Wildman–Crippen LogP) is 4.32. The van der Waals surface area contributed by atoms with Crippen molar-refractivity contribution in [3.8, 4) is 0 Å². The Bertz CT molecular complexity index is 1150. The van der Waals surface area contributed by atoms with E-state index in [-0.39, 0.29) is 12.5 Å². The van der Waals surface area contributed by atoms with Crippen LogP contribution in [0.1, 0.15) is 37.0 Å². The summed E-state index contributed by atoms with van der Waals surface area (Å²) < 4.78 is 26.5. The van der Waals surface area contributed by atoms with Crippen LogP contribution in [0.4, 0.5) is 5.69 Å². The van der Waals surface area contributed by atoms with E-state index in [1.807, 2.05) is 19.1 Å². The van der Waals surface area contributed by atoms with Crippen LogP contribution in [-0.2, 0) is 26.2 Å². The minimum Gasteiger partial charge on any atom is -0.355 e. The molecule has 2 aromatic rings. The minimum absolute atomic E-state index is 0.0652. The van der Waals surface area contributed by atoms with Crippen molar-refractivity contribution < 1.29 is 18.0 Å². The Morgan fingerprint density at radius 3 is 2.26 bits per heavy atom. The average molecular weight is 529 g/mol. The van der Waals surface area contributed by atoms with E-state index in [2.05, 4.69) is 5.32 Å². The second-order valence-electron chi connectivity index (χ2n) is 8.15. The Labute approximate surface area is 212 Å². The van der Waals surface area contributed by atoms with Gasteiger partial charge in [-0.1, -0.05) is 48.3 Å². The van der Waals surface area contributed by atoms with Crippen molar-refractivity contribution >= 4 is 50.7 Å². The molecule has 0 bridgehead atoms. The molecule has 0 heterocycles. The highest BCUT2D eigenvalue weighted by molar-refractivity contribution is 7.92. The molecule has 0 aliphatic rings. The first-order valence-electron chi connectivity index (χ1n) is 10.9. The summed E-state index contributed by atoms with van der Waals surface area (Å²) in [5.74, 6) is -0.813. The fourth-order valence-electron chi connectivity index (χ4n) is 3.63. The van der Waals surface area contributed by atoms with Gasteiger partial charge >= 0.3 is 0 Å². The largest absolute Gasteiger partial charge is 0.355 e. The van der Waals surface area contributed by atoms with Gasteiger partial charge in [0.25, 0.3) is 0 Å². The second-order valence-corrected chi connectivity index (χ2v) is 10.9. The Morgan fingerprint density at radius 2 is 1.71 bits per heavy atom. The van der Waals surface area contributed by atoms with Crippen molar-refractivity contribution in [2.45, 2.75) is 46.7 Å². The van der Waals surface area contributed by atoms with Crippen LogP contribution in [0.5, 0.6) is 0 Å². The molecule has 0 aliphatic heterocycles. The zero-order chi connectivity index (χ0) is 25.6. The minimum atomic E-state index is -3.79. The molecule has 0 aliphatic carbocycles. The number of anilines is 1. The number of hydrogen-bond donors (Lipinski definition) is 1. The highest BCUT2D eigenvalue weighted by Crippen LogP contribution is 2.26. The van der Waals surface area contributed by atoms with Crippen molar-refractivity contribution in [1.29, 1.82) is 0 Å². The van der Waals surface area contributed by atoms with Gasteiger partial charge in [-0.25, -0.2) is 8.42 Å². The maximum absolute atomic E-state index is 13.6. The zero-order valence-electron chi connectivity index (χ0n) is 20.1. The average Bonchev–Trinajstić information content (AvgIpc) is 2.75. The summed E-state index contributed by atoms with van der Waals surface area (Å²) in [7, 11) is -3.79. The van der Waals surface area contributed by atoms with Gasteiger partial charge in [-0.05, 0) is 62.1 Å². The number of nitrogens with zero attached hydrogens (tertiary/aromatic N) is 2. The Hall–Kier alpha value is -2.29. The molecule has 0 spiro atoms. The topological polar surface area (TPSA) is 86.8 Å². The number of carbonyl (C=O) groups is 2. The van der Waals surface area contributed by atoms with Gasteiger partial charge in [-0.2, -0.15) is 0 Å². The second kappa shape index (κ2) is 11.9. The highest BCUT2D eigenvalue weighted by Gasteiger charge is 2.32. The molecule has 0 radical (unpaired) electrons. The summed E-state index contributed by atoms with van der Waals surface area (Å²) in [6.45, 7) is 7.26. The van der Waals surface area contributed by atoms with Gasteiger partial charge in [0, 0.05) is 13.1 Å². The van der Waals surface area contributed by atoms with E-state index >= 15 is 0 Å². The third-order valence-electron chi connectivity index (χ3n) is 5.39. The van der Waals surface area contributed by atoms with Crippen LogP contribution in [0.25, 0.3) is 0 Å². The van der Waals surface area contributed by atoms with Crippen LogP contribution < -0.4 is 9.62 Å². The number of sulfonamides is 1. The quantitative estimate of drug-likeness (QED) is 0.498. The van der Waals surface area contributed by atoms with E-state index in [1.165, 1.54) is 4.90 Å². The third kappa shape index (κ3) is 7.10. The number of halogens is 2. The first kappa shape index (κ1) is 28.0. The van der Waals surface area contributed by atoms with Gasteiger partial charge < -0.3 is 10.2 Å². The fourth-order valence-corrected chi connectivity index (χ4v) is 4.85. The summed E-state index contributed by atoms with van der Waals surface area (Å²) in [5.41, 5.74) is 2.68. The number of hydrogen-bond acceptors (Lipinski definition) is 4. The number of carbonyl (C=O) groups excluding carboxylic acids is 2. The van der Waals surface area contributed by atoms with Gasteiger partial charge in [0.15, 0.2) is 0 Å². The molecular weight excluding hydrogens is 497 g/mol. The number of benzene rings is 2. The first-order chi connectivity index (χ1) is 15.9. The lowest BCUT2D eigenvalue weighted by molar-refractivity contribution is -0.140. The van der Waals surface area contributed by atoms with Gasteiger partial charge in [-0.3, -0.25) is 13.9 Å². The molecule has 0 fully saturated rings. The molecule has 10 heteroatoms. The van der Waals surface area contributed by atoms with Crippen LogP contribution in [0.3, 0.4) is 0 Å². The maximum atomic E-state index is 13.6. The monoisotopic (exact) mass is 527 g/mol. The summed E-state index contributed by atoms with van der Waals surface area (Å²) in [6, 6.07) is 9.60. The van der Waals surface area contributed by atoms with E-state index < -0.39 is 28.5 Å². The lowest BCUT2D eigenvalue weighted by atomic mass is 10.1. The van der Waals surface area contributed by atoms with E-state index in [1.54, 1.807) is 45.0 Å². The lowest BCUT2D eigenvalue weighted by Gasteiger charge is -2.33.